The summed E-state index contributed by atoms with van der Waals surface area (Å²) in [7, 11) is 0. The van der Waals surface area contributed by atoms with Crippen LogP contribution in [0.1, 0.15) is 122 Å². The highest BCUT2D eigenvalue weighted by Gasteiger charge is 2.09. The van der Waals surface area contributed by atoms with E-state index in [2.05, 4.69) is 23.8 Å². The molecule has 0 unspecified atom stereocenters. The van der Waals surface area contributed by atoms with E-state index in [-0.39, 0.29) is 0 Å². The molecular weight excluding hydrogens is 466 g/mol. The van der Waals surface area contributed by atoms with Crippen molar-refractivity contribution in [3.8, 4) is 17.1 Å². The Kier molecular flexibility index (Phi) is 16.8. The normalized spacial score (nSPS) is 13.0. The monoisotopic (exact) mass is 516 g/mol. The Bertz CT molecular complexity index is 797. The molecule has 5 heteroatoms. The maximum Gasteiger partial charge on any atom is 0.159 e. The van der Waals surface area contributed by atoms with Gasteiger partial charge in [-0.25, -0.2) is 18.7 Å². The molecule has 1 aromatic carbocycles. The molecule has 0 radical (unpaired) electrons. The summed E-state index contributed by atoms with van der Waals surface area (Å²) in [6.45, 7) is 4.70. The average molecular weight is 517 g/mol. The summed E-state index contributed by atoms with van der Waals surface area (Å²) < 4.78 is 33.8. The highest BCUT2D eigenvalue weighted by Crippen LogP contribution is 2.20. The zero-order valence-corrected chi connectivity index (χ0v) is 23.4. The van der Waals surface area contributed by atoms with Crippen LogP contribution in [0, 0.1) is 0 Å². The van der Waals surface area contributed by atoms with Crippen LogP contribution in [0.4, 0.5) is 8.78 Å². The van der Waals surface area contributed by atoms with Crippen LogP contribution in [0.5, 0.6) is 5.75 Å². The highest BCUT2D eigenvalue weighted by atomic mass is 19.1. The van der Waals surface area contributed by atoms with E-state index in [4.69, 9.17) is 4.74 Å². The minimum atomic E-state index is -0.812. The van der Waals surface area contributed by atoms with Gasteiger partial charge in [0.05, 0.1) is 19.0 Å². The van der Waals surface area contributed by atoms with E-state index in [1.165, 1.54) is 44.9 Å². The fourth-order valence-corrected chi connectivity index (χ4v) is 4.57. The second-order valence-corrected chi connectivity index (χ2v) is 10.4. The number of benzene rings is 1. The number of aryl methyl sites for hydroxylation is 1. The van der Waals surface area contributed by atoms with E-state index < -0.39 is 12.3 Å². The van der Waals surface area contributed by atoms with Gasteiger partial charge in [0, 0.05) is 12.0 Å². The van der Waals surface area contributed by atoms with Gasteiger partial charge in [0.2, 0.25) is 0 Å². The zero-order chi connectivity index (χ0) is 26.6. The van der Waals surface area contributed by atoms with E-state index in [1.54, 1.807) is 12.4 Å². The van der Waals surface area contributed by atoms with E-state index >= 15 is 0 Å². The van der Waals surface area contributed by atoms with Crippen LogP contribution in [0.3, 0.4) is 0 Å². The number of halogens is 2. The molecule has 0 aliphatic heterocycles. The summed E-state index contributed by atoms with van der Waals surface area (Å²) in [5.41, 5.74) is 2.06. The molecule has 0 spiro atoms. The molecule has 208 valence electrons. The molecule has 0 saturated heterocycles. The third kappa shape index (κ3) is 14.5. The van der Waals surface area contributed by atoms with Crippen molar-refractivity contribution in [3.63, 3.8) is 0 Å². The van der Waals surface area contributed by atoms with Crippen LogP contribution < -0.4 is 4.74 Å². The fraction of sp³-hybridized carbons (Fsp3) is 0.688. The van der Waals surface area contributed by atoms with Crippen LogP contribution in [0.15, 0.2) is 36.7 Å². The summed E-state index contributed by atoms with van der Waals surface area (Å²) in [6.07, 6.45) is 19.3. The molecule has 2 rings (SSSR count). The van der Waals surface area contributed by atoms with E-state index in [0.29, 0.717) is 43.9 Å². The van der Waals surface area contributed by atoms with E-state index in [9.17, 15) is 8.78 Å². The van der Waals surface area contributed by atoms with Gasteiger partial charge < -0.3 is 4.74 Å². The third-order valence-corrected chi connectivity index (χ3v) is 7.03. The highest BCUT2D eigenvalue weighted by molar-refractivity contribution is 5.55. The van der Waals surface area contributed by atoms with Gasteiger partial charge in [-0.2, -0.15) is 0 Å². The van der Waals surface area contributed by atoms with E-state index in [0.717, 1.165) is 49.7 Å². The van der Waals surface area contributed by atoms with Crippen molar-refractivity contribution in [2.24, 2.45) is 0 Å². The molecule has 1 heterocycles. The molecule has 2 atom stereocenters. The van der Waals surface area contributed by atoms with Gasteiger partial charge in [0.25, 0.3) is 0 Å². The maximum absolute atomic E-state index is 14.3. The second-order valence-electron chi connectivity index (χ2n) is 10.4. The van der Waals surface area contributed by atoms with Crippen molar-refractivity contribution in [2.45, 2.75) is 135 Å². The second kappa shape index (κ2) is 20.0. The minimum absolute atomic E-state index is 0.333. The number of hydrogen-bond donors (Lipinski definition) is 0. The summed E-state index contributed by atoms with van der Waals surface area (Å²) in [4.78, 5) is 8.79. The Labute approximate surface area is 224 Å². The number of aromatic nitrogens is 2. The van der Waals surface area contributed by atoms with Gasteiger partial charge in [0.15, 0.2) is 11.6 Å². The molecule has 0 fully saturated rings. The summed E-state index contributed by atoms with van der Waals surface area (Å²) >= 11 is 0. The van der Waals surface area contributed by atoms with Gasteiger partial charge in [0.1, 0.15) is 12.3 Å². The van der Waals surface area contributed by atoms with Gasteiger partial charge in [-0.15, -0.1) is 0 Å². The number of rotatable bonds is 22. The Morgan fingerprint density at radius 3 is 1.78 bits per heavy atom. The Balaban J connectivity index is 1.61. The van der Waals surface area contributed by atoms with Gasteiger partial charge in [-0.05, 0) is 31.2 Å². The molecule has 37 heavy (non-hydrogen) atoms. The van der Waals surface area contributed by atoms with Crippen molar-refractivity contribution in [1.82, 2.24) is 9.97 Å². The molecule has 2 aromatic rings. The van der Waals surface area contributed by atoms with Gasteiger partial charge in [-0.1, -0.05) is 115 Å². The number of hydrogen-bond acceptors (Lipinski definition) is 3. The number of alkyl halides is 2. The Morgan fingerprint density at radius 2 is 1.16 bits per heavy atom. The van der Waals surface area contributed by atoms with Crippen molar-refractivity contribution in [1.29, 1.82) is 0 Å². The summed E-state index contributed by atoms with van der Waals surface area (Å²) in [5.74, 6) is 1.18. The van der Waals surface area contributed by atoms with Crippen molar-refractivity contribution < 1.29 is 13.5 Å². The predicted octanol–water partition coefficient (Wildman–Crippen LogP) is 10.0. The topological polar surface area (TPSA) is 35.0 Å². The third-order valence-electron chi connectivity index (χ3n) is 7.03. The lowest BCUT2D eigenvalue weighted by Gasteiger charge is -2.10. The molecule has 0 amide bonds. The largest absolute Gasteiger partial charge is 0.490 e. The van der Waals surface area contributed by atoms with Crippen molar-refractivity contribution >= 4 is 0 Å². The molecule has 0 saturated carbocycles. The predicted molar refractivity (Wildman–Crippen MR) is 152 cm³/mol. The summed E-state index contributed by atoms with van der Waals surface area (Å²) in [5, 5.41) is 0. The number of unbranched alkanes of at least 4 members (excludes halogenated alkanes) is 10. The molecule has 1 aromatic heterocycles. The van der Waals surface area contributed by atoms with Gasteiger partial charge >= 0.3 is 0 Å². The van der Waals surface area contributed by atoms with Crippen LogP contribution in [-0.2, 0) is 6.42 Å². The fourth-order valence-electron chi connectivity index (χ4n) is 4.57. The Hall–Kier alpha value is -2.04. The average Bonchev–Trinajstić information content (AvgIpc) is 2.92. The molecule has 0 aliphatic rings. The number of nitrogens with zero attached hydrogens (tertiary/aromatic N) is 2. The van der Waals surface area contributed by atoms with Crippen LogP contribution >= 0.6 is 0 Å². The maximum atomic E-state index is 14.3. The SMILES string of the molecule is CCCCCCCCCCC[C@@H](F)CCc1ccc(-c2ncc(OCC[C@@H](F)CCCCC)cn2)cc1. The molecule has 0 bridgehead atoms. The first-order chi connectivity index (χ1) is 18.1. The lowest BCUT2D eigenvalue weighted by molar-refractivity contribution is 0.222. The smallest absolute Gasteiger partial charge is 0.159 e. The van der Waals surface area contributed by atoms with Crippen molar-refractivity contribution in [2.75, 3.05) is 6.61 Å². The minimum Gasteiger partial charge on any atom is -0.490 e. The molecular formula is C32H50F2N2O. The quantitative estimate of drug-likeness (QED) is 0.146. The standard InChI is InChI=1S/C32H50F2N2O/c1-3-5-7-8-9-10-11-12-14-16-29(33)22-19-27-17-20-28(21-18-27)32-35-25-31(26-36-32)37-24-23-30(34)15-13-6-4-2/h17-18,20-21,25-26,29-30H,3-16,19,22-24H2,1-2H3/t29-,30+/m1/s1. The van der Waals surface area contributed by atoms with Crippen molar-refractivity contribution in [3.05, 3.63) is 42.2 Å². The first kappa shape index (κ1) is 31.2. The molecule has 0 aliphatic carbocycles. The Morgan fingerprint density at radius 1 is 0.649 bits per heavy atom. The van der Waals surface area contributed by atoms with Crippen LogP contribution in [-0.4, -0.2) is 28.9 Å². The lowest BCUT2D eigenvalue weighted by atomic mass is 10.0. The summed E-state index contributed by atoms with van der Waals surface area (Å²) in [6, 6.07) is 8.05. The lowest BCUT2D eigenvalue weighted by Crippen LogP contribution is -2.08. The first-order valence-corrected chi connectivity index (χ1v) is 14.9. The first-order valence-electron chi connectivity index (χ1n) is 14.9. The molecule has 0 N–H and O–H groups in total. The number of ether oxygens (including phenoxy) is 1. The zero-order valence-electron chi connectivity index (χ0n) is 23.4. The van der Waals surface area contributed by atoms with Crippen LogP contribution in [0.25, 0.3) is 11.4 Å². The van der Waals surface area contributed by atoms with E-state index in [1.807, 2.05) is 24.3 Å². The molecule has 3 nitrogen and oxygen atoms in total. The van der Waals surface area contributed by atoms with Crippen LogP contribution in [0.2, 0.25) is 0 Å². The van der Waals surface area contributed by atoms with Gasteiger partial charge in [-0.3, -0.25) is 0 Å².